The zero-order valence-corrected chi connectivity index (χ0v) is 34.4. The summed E-state index contributed by atoms with van der Waals surface area (Å²) in [5, 5.41) is 5.03. The number of fused-ring (bicyclic) bond motifs is 2. The SMILES string of the molecule is C.C=C.C=Cc1cc2c(CCc3ccc(C4=CC=CC=CC4)cc3-c3ccccc3)c3ccccc3c(-c3ccc(C(/C=C\C)=C/C)cc3-c3ccccc3)c2cc1C=C. The van der Waals surface area contributed by atoms with Gasteiger partial charge < -0.3 is 0 Å². The highest BCUT2D eigenvalue weighted by Crippen LogP contribution is 2.45. The van der Waals surface area contributed by atoms with Crippen molar-refractivity contribution < 1.29 is 0 Å². The first kappa shape index (κ1) is 42.6. The normalized spacial score (nSPS) is 12.4. The summed E-state index contributed by atoms with van der Waals surface area (Å²) in [6.45, 7) is 18.7. The molecule has 0 fully saturated rings. The van der Waals surface area contributed by atoms with E-state index in [1.54, 1.807) is 0 Å². The number of aryl methyl sites for hydroxylation is 2. The van der Waals surface area contributed by atoms with Gasteiger partial charge in [0.05, 0.1) is 0 Å². The lowest BCUT2D eigenvalue weighted by molar-refractivity contribution is 0.978. The average Bonchev–Trinajstić information content (AvgIpc) is 3.60. The van der Waals surface area contributed by atoms with Crippen LogP contribution < -0.4 is 0 Å². The van der Waals surface area contributed by atoms with E-state index in [9.17, 15) is 0 Å². The summed E-state index contributed by atoms with van der Waals surface area (Å²) in [6, 6.07) is 49.5. The van der Waals surface area contributed by atoms with Crippen LogP contribution >= 0.6 is 0 Å². The van der Waals surface area contributed by atoms with Crippen molar-refractivity contribution in [3.8, 4) is 33.4 Å². The first-order valence-electron chi connectivity index (χ1n) is 20.6. The largest absolute Gasteiger partial charge is 0.106 e. The smallest absolute Gasteiger partial charge is 0.00201 e. The molecule has 0 saturated carbocycles. The predicted octanol–water partition coefficient (Wildman–Crippen LogP) is 17.4. The van der Waals surface area contributed by atoms with E-state index < -0.39 is 0 Å². The molecule has 60 heavy (non-hydrogen) atoms. The van der Waals surface area contributed by atoms with E-state index in [1.807, 2.05) is 12.2 Å². The molecule has 0 unspecified atom stereocenters. The molecule has 0 bridgehead atoms. The van der Waals surface area contributed by atoms with Gasteiger partial charge in [-0.1, -0.05) is 191 Å². The fourth-order valence-electron chi connectivity index (χ4n) is 8.53. The molecule has 0 N–H and O–H groups in total. The Balaban J connectivity index is 0.00000198. The van der Waals surface area contributed by atoms with E-state index in [1.165, 1.54) is 88.3 Å². The molecule has 296 valence electrons. The zero-order valence-electron chi connectivity index (χ0n) is 34.4. The molecule has 0 aliphatic heterocycles. The van der Waals surface area contributed by atoms with Crippen molar-refractivity contribution in [2.75, 3.05) is 0 Å². The molecule has 7 aromatic carbocycles. The molecule has 8 rings (SSSR count). The number of allylic oxidation sites excluding steroid dienone is 10. The van der Waals surface area contributed by atoms with E-state index in [4.69, 9.17) is 0 Å². The highest BCUT2D eigenvalue weighted by molar-refractivity contribution is 6.17. The number of benzene rings is 7. The van der Waals surface area contributed by atoms with Crippen molar-refractivity contribution in [2.24, 2.45) is 0 Å². The minimum Gasteiger partial charge on any atom is -0.106 e. The fourth-order valence-corrected chi connectivity index (χ4v) is 8.53. The summed E-state index contributed by atoms with van der Waals surface area (Å²) >= 11 is 0. The van der Waals surface area contributed by atoms with E-state index >= 15 is 0 Å². The molecule has 0 spiro atoms. The molecular formula is C60H56. The summed E-state index contributed by atoms with van der Waals surface area (Å²) in [5.74, 6) is 0. The lowest BCUT2D eigenvalue weighted by Gasteiger charge is -2.22. The highest BCUT2D eigenvalue weighted by atomic mass is 14.2. The Morgan fingerprint density at radius 1 is 0.567 bits per heavy atom. The highest BCUT2D eigenvalue weighted by Gasteiger charge is 2.21. The Labute approximate surface area is 359 Å². The van der Waals surface area contributed by atoms with Gasteiger partial charge in [0, 0.05) is 0 Å². The van der Waals surface area contributed by atoms with Gasteiger partial charge in [0.1, 0.15) is 0 Å². The number of hydrogen-bond donors (Lipinski definition) is 0. The minimum atomic E-state index is 0. The third-order valence-electron chi connectivity index (χ3n) is 11.3. The van der Waals surface area contributed by atoms with Crippen LogP contribution in [0.1, 0.15) is 61.1 Å². The van der Waals surface area contributed by atoms with Crippen LogP contribution in [0.25, 0.3) is 78.2 Å². The van der Waals surface area contributed by atoms with Crippen LogP contribution in [-0.2, 0) is 12.8 Å². The average molecular weight is 777 g/mol. The first-order valence-corrected chi connectivity index (χ1v) is 20.6. The second-order valence-electron chi connectivity index (χ2n) is 14.7. The van der Waals surface area contributed by atoms with Gasteiger partial charge in [-0.05, 0) is 157 Å². The predicted molar refractivity (Wildman–Crippen MR) is 269 cm³/mol. The van der Waals surface area contributed by atoms with E-state index in [2.05, 4.69) is 222 Å². The third-order valence-corrected chi connectivity index (χ3v) is 11.3. The molecule has 1 aliphatic carbocycles. The van der Waals surface area contributed by atoms with Crippen LogP contribution in [0.2, 0.25) is 0 Å². The molecule has 7 aromatic rings. The zero-order chi connectivity index (χ0) is 41.1. The Hall–Kier alpha value is -7.02. The van der Waals surface area contributed by atoms with Gasteiger partial charge in [-0.15, -0.1) is 13.2 Å². The van der Waals surface area contributed by atoms with Crippen molar-refractivity contribution in [3.05, 3.63) is 242 Å². The van der Waals surface area contributed by atoms with E-state index in [-0.39, 0.29) is 7.43 Å². The quantitative estimate of drug-likeness (QED) is 0.0697. The molecule has 0 radical (unpaired) electrons. The minimum absolute atomic E-state index is 0. The van der Waals surface area contributed by atoms with Gasteiger partial charge in [0.25, 0.3) is 0 Å². The van der Waals surface area contributed by atoms with Crippen molar-refractivity contribution in [1.82, 2.24) is 0 Å². The van der Waals surface area contributed by atoms with Crippen LogP contribution in [0.15, 0.2) is 208 Å². The van der Waals surface area contributed by atoms with Crippen LogP contribution in [0.3, 0.4) is 0 Å². The Kier molecular flexibility index (Phi) is 14.3. The van der Waals surface area contributed by atoms with E-state index in [0.29, 0.717) is 0 Å². The van der Waals surface area contributed by atoms with Crippen molar-refractivity contribution in [2.45, 2.75) is 40.5 Å². The summed E-state index contributed by atoms with van der Waals surface area (Å²) in [4.78, 5) is 0. The Morgan fingerprint density at radius 3 is 1.88 bits per heavy atom. The van der Waals surface area contributed by atoms with Crippen molar-refractivity contribution in [3.63, 3.8) is 0 Å². The van der Waals surface area contributed by atoms with Crippen molar-refractivity contribution >= 4 is 44.8 Å². The summed E-state index contributed by atoms with van der Waals surface area (Å²) in [7, 11) is 0. The maximum atomic E-state index is 4.25. The molecule has 1 aliphatic rings. The maximum absolute atomic E-state index is 4.25. The molecule has 0 saturated heterocycles. The molecule has 0 aromatic heterocycles. The second kappa shape index (κ2) is 20.1. The lowest BCUT2D eigenvalue weighted by Crippen LogP contribution is -2.00. The first-order chi connectivity index (χ1) is 29.1. The van der Waals surface area contributed by atoms with Gasteiger partial charge in [-0.25, -0.2) is 0 Å². The summed E-state index contributed by atoms with van der Waals surface area (Å²) in [5.41, 5.74) is 17.3. The second-order valence-corrected chi connectivity index (χ2v) is 14.7. The van der Waals surface area contributed by atoms with E-state index in [0.717, 1.165) is 30.4 Å². The Morgan fingerprint density at radius 2 is 1.22 bits per heavy atom. The van der Waals surface area contributed by atoms with Crippen LogP contribution in [-0.4, -0.2) is 0 Å². The van der Waals surface area contributed by atoms with Crippen LogP contribution in [0, 0.1) is 0 Å². The van der Waals surface area contributed by atoms with Gasteiger partial charge in [0.2, 0.25) is 0 Å². The molecule has 0 heterocycles. The lowest BCUT2D eigenvalue weighted by atomic mass is 9.82. The summed E-state index contributed by atoms with van der Waals surface area (Å²) < 4.78 is 0. The molecular weight excluding hydrogens is 721 g/mol. The standard InChI is InChI=1S/C57H48.C2H4.CH4/c1-5-21-40(6-2)47-33-35-52(54(39-47)45-26-17-12-18-27-45)57-51-29-20-19-28-49(51)50(55-36-41(7-3)42(8-4)37-56(55)57)34-32-46-30-31-48(43-22-13-9-10-14-23-43)38-53(46)44-24-15-11-16-25-44;1-2;/h5-22,24-31,33,35-39H,3-4,23,32,34H2,1-2H3;1-2H2;1H4/b21-5-,40-6+;;. The fraction of sp³-hybridized carbons (Fsp3) is 0.100. The van der Waals surface area contributed by atoms with Crippen LogP contribution in [0.4, 0.5) is 0 Å². The monoisotopic (exact) mass is 776 g/mol. The third kappa shape index (κ3) is 8.70. The maximum Gasteiger partial charge on any atom is -0.00201 e. The van der Waals surface area contributed by atoms with Crippen molar-refractivity contribution in [1.29, 1.82) is 0 Å². The van der Waals surface area contributed by atoms with Gasteiger partial charge in [-0.2, -0.15) is 0 Å². The summed E-state index contributed by atoms with van der Waals surface area (Å²) in [6.07, 6.45) is 24.0. The number of hydrogen-bond acceptors (Lipinski definition) is 0. The number of rotatable bonds is 11. The van der Waals surface area contributed by atoms with Gasteiger partial charge in [-0.3, -0.25) is 0 Å². The molecule has 0 nitrogen and oxygen atoms in total. The topological polar surface area (TPSA) is 0 Å². The molecule has 0 atom stereocenters. The van der Waals surface area contributed by atoms with Crippen LogP contribution in [0.5, 0.6) is 0 Å². The Bertz CT molecular complexity index is 2800. The molecule has 0 heteroatoms. The van der Waals surface area contributed by atoms with Gasteiger partial charge >= 0.3 is 0 Å². The van der Waals surface area contributed by atoms with Gasteiger partial charge in [0.15, 0.2) is 0 Å². The molecule has 0 amide bonds.